The monoisotopic (exact) mass is 310 g/mol. The topological polar surface area (TPSA) is 47.6 Å². The van der Waals surface area contributed by atoms with Gasteiger partial charge in [0, 0.05) is 20.1 Å². The molecule has 0 spiro atoms. The lowest BCUT2D eigenvalue weighted by molar-refractivity contribution is 0.0951. The van der Waals surface area contributed by atoms with Gasteiger partial charge < -0.3 is 20.4 Å². The Bertz CT molecular complexity index is 727. The summed E-state index contributed by atoms with van der Waals surface area (Å²) in [5, 5.41) is 6.40. The fourth-order valence-corrected chi connectivity index (χ4v) is 2.81. The Morgan fingerprint density at radius 3 is 2.65 bits per heavy atom. The van der Waals surface area contributed by atoms with Crippen molar-refractivity contribution < 1.29 is 4.79 Å². The number of carbonyl (C=O) groups is 1. The Hall–Kier alpha value is -2.53. The molecule has 5 heteroatoms. The van der Waals surface area contributed by atoms with Gasteiger partial charge in [-0.3, -0.25) is 4.79 Å². The predicted molar refractivity (Wildman–Crippen MR) is 95.1 cm³/mol. The van der Waals surface area contributed by atoms with Gasteiger partial charge in [-0.2, -0.15) is 0 Å². The molecule has 0 aromatic heterocycles. The first-order valence-corrected chi connectivity index (χ1v) is 7.73. The fraction of sp³-hybridized carbons (Fsp3) is 0.278. The fourth-order valence-electron chi connectivity index (χ4n) is 2.81. The second kappa shape index (κ2) is 6.30. The van der Waals surface area contributed by atoms with Gasteiger partial charge in [0.1, 0.15) is 0 Å². The van der Waals surface area contributed by atoms with E-state index in [1.807, 2.05) is 68.5 Å². The molecule has 2 aromatic carbocycles. The van der Waals surface area contributed by atoms with Gasteiger partial charge in [-0.25, -0.2) is 0 Å². The number of nitrogens with one attached hydrogen (secondary N) is 2. The number of hydrogen-bond acceptors (Lipinski definition) is 4. The molecule has 0 aliphatic carbocycles. The van der Waals surface area contributed by atoms with Gasteiger partial charge in [-0.15, -0.1) is 0 Å². The number of rotatable bonds is 4. The molecule has 0 atom stereocenters. The quantitative estimate of drug-likeness (QED) is 0.911. The van der Waals surface area contributed by atoms with Crippen molar-refractivity contribution in [3.05, 3.63) is 48.0 Å². The molecule has 23 heavy (non-hydrogen) atoms. The van der Waals surface area contributed by atoms with E-state index >= 15 is 0 Å². The molecule has 2 aromatic rings. The highest BCUT2D eigenvalue weighted by molar-refractivity contribution is 6.06. The van der Waals surface area contributed by atoms with Crippen molar-refractivity contribution >= 4 is 28.7 Å². The molecule has 2 N–H and O–H groups in total. The van der Waals surface area contributed by atoms with Gasteiger partial charge in [0.15, 0.2) is 0 Å². The normalized spacial score (nSPS) is 12.4. The summed E-state index contributed by atoms with van der Waals surface area (Å²) in [6, 6.07) is 13.9. The number of nitrogens with zero attached hydrogens (tertiary/aromatic N) is 2. The second-order valence-electron chi connectivity index (χ2n) is 5.96. The van der Waals surface area contributed by atoms with Crippen molar-refractivity contribution in [1.29, 1.82) is 0 Å². The molecule has 120 valence electrons. The average molecular weight is 310 g/mol. The standard InChI is InChI=1S/C18H22N4O/c1-21(2)12-11-19-18(23)13-7-6-9-15-17(13)22(3)16-10-5-4-8-14(16)20-15/h4-10,20H,11-12H2,1-3H3,(H,19,23). The lowest BCUT2D eigenvalue weighted by atomic mass is 10.0. The van der Waals surface area contributed by atoms with E-state index in [1.54, 1.807) is 0 Å². The van der Waals surface area contributed by atoms with Crippen LogP contribution >= 0.6 is 0 Å². The van der Waals surface area contributed by atoms with Crippen LogP contribution in [0.4, 0.5) is 22.7 Å². The highest BCUT2D eigenvalue weighted by Crippen LogP contribution is 2.44. The number of carbonyl (C=O) groups excluding carboxylic acids is 1. The Morgan fingerprint density at radius 1 is 1.13 bits per heavy atom. The van der Waals surface area contributed by atoms with Crippen LogP contribution in [0.1, 0.15) is 10.4 Å². The summed E-state index contributed by atoms with van der Waals surface area (Å²) in [6.45, 7) is 1.45. The van der Waals surface area contributed by atoms with Crippen LogP contribution in [0.5, 0.6) is 0 Å². The first-order valence-electron chi connectivity index (χ1n) is 7.73. The number of amides is 1. The molecule has 1 aliphatic heterocycles. The number of likely N-dealkylation sites (N-methyl/N-ethyl adjacent to an activating group) is 1. The zero-order valence-corrected chi connectivity index (χ0v) is 13.8. The third-order valence-electron chi connectivity index (χ3n) is 4.00. The summed E-state index contributed by atoms with van der Waals surface area (Å²) < 4.78 is 0. The van der Waals surface area contributed by atoms with Crippen LogP contribution in [0.2, 0.25) is 0 Å². The van der Waals surface area contributed by atoms with Crippen LogP contribution in [0, 0.1) is 0 Å². The van der Waals surface area contributed by atoms with Crippen LogP contribution in [0.3, 0.4) is 0 Å². The van der Waals surface area contributed by atoms with Crippen LogP contribution in [-0.4, -0.2) is 45.0 Å². The summed E-state index contributed by atoms with van der Waals surface area (Å²) in [5.41, 5.74) is 4.66. The maximum Gasteiger partial charge on any atom is 0.253 e. The third kappa shape index (κ3) is 3.00. The van der Waals surface area contributed by atoms with E-state index in [9.17, 15) is 4.79 Å². The van der Waals surface area contributed by atoms with Crippen molar-refractivity contribution in [2.75, 3.05) is 44.4 Å². The van der Waals surface area contributed by atoms with Gasteiger partial charge >= 0.3 is 0 Å². The van der Waals surface area contributed by atoms with E-state index in [2.05, 4.69) is 15.5 Å². The predicted octanol–water partition coefficient (Wildman–Crippen LogP) is 2.80. The number of fused-ring (bicyclic) bond motifs is 2. The third-order valence-corrected chi connectivity index (χ3v) is 4.00. The zero-order chi connectivity index (χ0) is 16.4. The molecule has 0 bridgehead atoms. The van der Waals surface area contributed by atoms with Crippen molar-refractivity contribution in [1.82, 2.24) is 10.2 Å². The van der Waals surface area contributed by atoms with Gasteiger partial charge in [-0.1, -0.05) is 18.2 Å². The van der Waals surface area contributed by atoms with E-state index in [-0.39, 0.29) is 5.91 Å². The van der Waals surface area contributed by atoms with Crippen molar-refractivity contribution in [3.8, 4) is 0 Å². The highest BCUT2D eigenvalue weighted by Gasteiger charge is 2.24. The molecule has 1 aliphatic rings. The molecular formula is C18H22N4O. The van der Waals surface area contributed by atoms with E-state index < -0.39 is 0 Å². The maximum absolute atomic E-state index is 12.6. The van der Waals surface area contributed by atoms with Crippen LogP contribution < -0.4 is 15.5 Å². The minimum Gasteiger partial charge on any atom is -0.352 e. The summed E-state index contributed by atoms with van der Waals surface area (Å²) >= 11 is 0. The number of para-hydroxylation sites is 3. The molecule has 0 saturated heterocycles. The van der Waals surface area contributed by atoms with E-state index in [0.29, 0.717) is 12.1 Å². The van der Waals surface area contributed by atoms with Crippen LogP contribution in [-0.2, 0) is 0 Å². The Morgan fingerprint density at radius 2 is 1.87 bits per heavy atom. The van der Waals surface area contributed by atoms with Gasteiger partial charge in [-0.05, 0) is 38.4 Å². The Labute approximate surface area is 136 Å². The molecule has 0 fully saturated rings. The van der Waals surface area contributed by atoms with Gasteiger partial charge in [0.2, 0.25) is 0 Å². The SMILES string of the molecule is CN(C)CCNC(=O)c1cccc2c1N(C)c1ccccc1N2. The lowest BCUT2D eigenvalue weighted by Gasteiger charge is -2.32. The first-order chi connectivity index (χ1) is 11.1. The molecule has 3 rings (SSSR count). The van der Waals surface area contributed by atoms with Gasteiger partial charge in [0.05, 0.1) is 28.3 Å². The average Bonchev–Trinajstić information content (AvgIpc) is 2.54. The highest BCUT2D eigenvalue weighted by atomic mass is 16.1. The maximum atomic E-state index is 12.6. The molecule has 1 heterocycles. The molecule has 0 radical (unpaired) electrons. The summed E-state index contributed by atoms with van der Waals surface area (Å²) in [7, 11) is 5.98. The molecule has 0 unspecified atom stereocenters. The van der Waals surface area contributed by atoms with Crippen molar-refractivity contribution in [3.63, 3.8) is 0 Å². The molecule has 5 nitrogen and oxygen atoms in total. The number of anilines is 4. The smallest absolute Gasteiger partial charge is 0.253 e. The summed E-state index contributed by atoms with van der Waals surface area (Å²) in [5.74, 6) is -0.0447. The van der Waals surface area contributed by atoms with Gasteiger partial charge in [0.25, 0.3) is 5.91 Å². The molecule has 1 amide bonds. The van der Waals surface area contributed by atoms with E-state index in [1.165, 1.54) is 0 Å². The summed E-state index contributed by atoms with van der Waals surface area (Å²) in [4.78, 5) is 16.7. The molecular weight excluding hydrogens is 288 g/mol. The molecule has 0 saturated carbocycles. The zero-order valence-electron chi connectivity index (χ0n) is 13.8. The summed E-state index contributed by atoms with van der Waals surface area (Å²) in [6.07, 6.45) is 0. The second-order valence-corrected chi connectivity index (χ2v) is 5.96. The Kier molecular flexibility index (Phi) is 4.21. The van der Waals surface area contributed by atoms with E-state index in [0.717, 1.165) is 29.3 Å². The minimum atomic E-state index is -0.0447. The number of hydrogen-bond donors (Lipinski definition) is 2. The van der Waals surface area contributed by atoms with Crippen LogP contribution in [0.15, 0.2) is 42.5 Å². The minimum absolute atomic E-state index is 0.0447. The Balaban J connectivity index is 1.90. The van der Waals surface area contributed by atoms with Crippen LogP contribution in [0.25, 0.3) is 0 Å². The first kappa shape index (κ1) is 15.4. The number of benzene rings is 2. The van der Waals surface area contributed by atoms with E-state index in [4.69, 9.17) is 0 Å². The lowest BCUT2D eigenvalue weighted by Crippen LogP contribution is -2.32. The van der Waals surface area contributed by atoms with Crippen molar-refractivity contribution in [2.45, 2.75) is 0 Å². The largest absolute Gasteiger partial charge is 0.352 e. The van der Waals surface area contributed by atoms with Crippen molar-refractivity contribution in [2.24, 2.45) is 0 Å².